The van der Waals surface area contributed by atoms with Crippen molar-refractivity contribution >= 4 is 60.3 Å². The fraction of sp³-hybridized carbons (Fsp3) is 0.324. The number of anilines is 2. The van der Waals surface area contributed by atoms with Gasteiger partial charge in [-0.3, -0.25) is 0 Å². The van der Waals surface area contributed by atoms with Crippen LogP contribution in [0.1, 0.15) is 38.1 Å². The predicted molar refractivity (Wildman–Crippen MR) is 189 cm³/mol. The van der Waals surface area contributed by atoms with Gasteiger partial charge in [0.15, 0.2) is 11.0 Å². The average Bonchev–Trinajstić information content (AvgIpc) is 3.74. The van der Waals surface area contributed by atoms with Gasteiger partial charge in [-0.2, -0.15) is 13.2 Å². The van der Waals surface area contributed by atoms with E-state index >= 15 is 0 Å². The summed E-state index contributed by atoms with van der Waals surface area (Å²) in [5.41, 5.74) is 2.19. The molecule has 0 saturated heterocycles. The van der Waals surface area contributed by atoms with Crippen molar-refractivity contribution in [3.8, 4) is 5.69 Å². The maximum Gasteiger partial charge on any atom is 1.00 e. The van der Waals surface area contributed by atoms with Crippen molar-refractivity contribution < 1.29 is 73.2 Å². The number of alkyl halides is 3. The van der Waals surface area contributed by atoms with Crippen molar-refractivity contribution in [2.45, 2.75) is 46.0 Å². The van der Waals surface area contributed by atoms with Gasteiger partial charge in [-0.15, -0.1) is 0 Å². The van der Waals surface area contributed by atoms with Crippen LogP contribution < -0.4 is 43.9 Å². The van der Waals surface area contributed by atoms with Gasteiger partial charge in [-0.1, -0.05) is 29.8 Å². The normalized spacial score (nSPS) is 14.7. The van der Waals surface area contributed by atoms with Crippen LogP contribution in [0.5, 0.6) is 0 Å². The number of aryl methyl sites for hydroxylation is 2. The Morgan fingerprint density at radius 1 is 0.865 bits per heavy atom. The van der Waals surface area contributed by atoms with Gasteiger partial charge in [0.1, 0.15) is 5.82 Å². The van der Waals surface area contributed by atoms with E-state index in [0.29, 0.717) is 24.6 Å². The second-order valence-corrected chi connectivity index (χ2v) is 15.2. The first kappa shape index (κ1) is 41.7. The molecule has 5 rings (SSSR count). The Hall–Kier alpha value is -3.09. The van der Waals surface area contributed by atoms with Crippen molar-refractivity contribution in [3.05, 3.63) is 101 Å². The molecule has 4 aromatic rings. The Balaban J connectivity index is 0.00000605. The van der Waals surface area contributed by atoms with Crippen LogP contribution in [0.2, 0.25) is 5.02 Å². The van der Waals surface area contributed by atoms with E-state index in [1.54, 1.807) is 41.0 Å². The number of aromatic nitrogens is 3. The Morgan fingerprint density at radius 3 is 2.10 bits per heavy atom. The molecular weight excluding hydrogens is 754 g/mol. The van der Waals surface area contributed by atoms with Crippen LogP contribution in [0, 0.1) is 0 Å². The maximum atomic E-state index is 13.8. The molecule has 0 unspecified atom stereocenters. The molecule has 3 heterocycles. The number of allylic oxidation sites excluding steroid dienone is 4. The van der Waals surface area contributed by atoms with Gasteiger partial charge in [-0.25, -0.2) is 26.0 Å². The molecule has 52 heavy (non-hydrogen) atoms. The molecule has 0 saturated carbocycles. The minimum atomic E-state index is -4.73. The van der Waals surface area contributed by atoms with Crippen LogP contribution >= 0.6 is 11.6 Å². The van der Waals surface area contributed by atoms with Crippen molar-refractivity contribution in [1.82, 2.24) is 9.13 Å². The second-order valence-electron chi connectivity index (χ2n) is 11.7. The molecule has 1 aliphatic rings. The molecule has 2 aromatic carbocycles. The summed E-state index contributed by atoms with van der Waals surface area (Å²) >= 11 is 6.05. The molecule has 0 spiro atoms. The van der Waals surface area contributed by atoms with Crippen LogP contribution in [0.25, 0.3) is 22.8 Å². The maximum absolute atomic E-state index is 13.8. The summed E-state index contributed by atoms with van der Waals surface area (Å²) in [5.74, 6) is 0.00640. The summed E-state index contributed by atoms with van der Waals surface area (Å²) in [5, 5.41) is -0.477. The monoisotopic (exact) mass is 789 g/mol. The van der Waals surface area contributed by atoms with Crippen molar-refractivity contribution in [1.29, 1.82) is 0 Å². The molecule has 0 amide bonds. The van der Waals surface area contributed by atoms with Gasteiger partial charge in [-0.05, 0) is 69.2 Å². The first-order valence-electron chi connectivity index (χ1n) is 16.1. The van der Waals surface area contributed by atoms with E-state index in [2.05, 4.69) is 4.57 Å². The number of hydrogen-bond acceptors (Lipinski definition) is 8. The topological polar surface area (TPSA) is 135 Å². The number of imidazole rings is 1. The van der Waals surface area contributed by atoms with Crippen LogP contribution in [0.4, 0.5) is 24.5 Å². The van der Waals surface area contributed by atoms with Gasteiger partial charge >= 0.3 is 35.7 Å². The summed E-state index contributed by atoms with van der Waals surface area (Å²) < 4.78 is 116. The van der Waals surface area contributed by atoms with Gasteiger partial charge in [0.05, 0.1) is 55.3 Å². The van der Waals surface area contributed by atoms with E-state index in [1.807, 2.05) is 64.9 Å². The Morgan fingerprint density at radius 2 is 1.50 bits per heavy atom. The molecule has 274 valence electrons. The summed E-state index contributed by atoms with van der Waals surface area (Å²) in [4.78, 5) is 3.29. The summed E-state index contributed by atoms with van der Waals surface area (Å²) in [7, 11) is -8.97. The molecule has 0 aliphatic carbocycles. The second kappa shape index (κ2) is 16.9. The molecule has 2 aromatic heterocycles. The van der Waals surface area contributed by atoms with E-state index in [9.17, 15) is 39.1 Å². The molecule has 0 N–H and O–H groups in total. The number of halogens is 4. The summed E-state index contributed by atoms with van der Waals surface area (Å²) in [6.45, 7) is 4.93. The third-order valence-corrected chi connectivity index (χ3v) is 10.3. The van der Waals surface area contributed by atoms with E-state index in [1.165, 1.54) is 6.07 Å². The van der Waals surface area contributed by atoms with E-state index in [-0.39, 0.29) is 61.2 Å². The molecular formula is C34H36ClF3N5NaO6S2. The number of nitrogens with zero attached hydrogens (tertiary/aromatic N) is 5. The molecule has 18 heteroatoms. The summed E-state index contributed by atoms with van der Waals surface area (Å²) in [6, 6.07) is 11.9. The smallest absolute Gasteiger partial charge is 0.748 e. The van der Waals surface area contributed by atoms with Gasteiger partial charge in [0, 0.05) is 54.8 Å². The van der Waals surface area contributed by atoms with E-state index in [4.69, 9.17) is 11.6 Å². The fourth-order valence-corrected chi connectivity index (χ4v) is 7.48. The fourth-order valence-electron chi connectivity index (χ4n) is 6.25. The minimum Gasteiger partial charge on any atom is -0.748 e. The first-order valence-corrected chi connectivity index (χ1v) is 19.6. The third kappa shape index (κ3) is 9.71. The molecule has 11 nitrogen and oxygen atoms in total. The zero-order valence-electron chi connectivity index (χ0n) is 28.8. The quantitative estimate of drug-likeness (QED) is 0.0825. The predicted octanol–water partition coefficient (Wildman–Crippen LogP) is 3.04. The Kier molecular flexibility index (Phi) is 13.6. The minimum absolute atomic E-state index is 0. The van der Waals surface area contributed by atoms with Gasteiger partial charge in [0.25, 0.3) is 5.82 Å². The van der Waals surface area contributed by atoms with Crippen LogP contribution in [0.15, 0.2) is 85.0 Å². The number of rotatable bonds is 14. The zero-order valence-corrected chi connectivity index (χ0v) is 33.1. The molecule has 0 radical (unpaired) electrons. The molecule has 0 atom stereocenters. The van der Waals surface area contributed by atoms with E-state index in [0.717, 1.165) is 28.6 Å². The third-order valence-electron chi connectivity index (χ3n) is 8.40. The molecule has 0 bridgehead atoms. The van der Waals surface area contributed by atoms with Crippen molar-refractivity contribution in [2.24, 2.45) is 0 Å². The van der Waals surface area contributed by atoms with E-state index < -0.39 is 48.5 Å². The SMILES string of the molecule is CCN1\C(=C/C=C/C=C/c2n(CCCS(=O)(=O)[O-])c3cc(-n4cccc4)ccc3[n+]2CC)N(CCCS(=O)(=O)[O-])c2cc(C(F)(F)F)c(Cl)cc21.[Na+]. The van der Waals surface area contributed by atoms with Crippen LogP contribution in [0.3, 0.4) is 0 Å². The molecule has 1 aliphatic heterocycles. The van der Waals surface area contributed by atoms with Crippen LogP contribution in [-0.4, -0.2) is 59.7 Å². The van der Waals surface area contributed by atoms with Crippen LogP contribution in [-0.2, 0) is 39.5 Å². The standard InChI is InChI=1S/C34H37ClF3N5O6S2.Na/c1-3-40-28-15-14-25(39-16-8-9-17-39)22-29(28)42(18-10-20-50(44,45)46)32(40)12-6-5-7-13-33-41(4-2)31-24-27(35)26(34(36,37)38)23-30(31)43(33)19-11-21-51(47,48)49;/h5-9,12-17,22-24H,3-4,10-11,18-21H2,1-2H3,(H-,44,45,46,47,48,49);/q;+1/p-1. The average molecular weight is 790 g/mol. The molecule has 0 fully saturated rings. The van der Waals surface area contributed by atoms with Crippen molar-refractivity contribution in [2.75, 3.05) is 34.4 Å². The zero-order chi connectivity index (χ0) is 37.1. The Bertz CT molecular complexity index is 2220. The van der Waals surface area contributed by atoms with Gasteiger partial charge < -0.3 is 23.5 Å². The number of benzene rings is 2. The Labute approximate surface area is 328 Å². The largest absolute Gasteiger partial charge is 1.00 e. The number of fused-ring (bicyclic) bond motifs is 2. The first-order chi connectivity index (χ1) is 24.0. The summed E-state index contributed by atoms with van der Waals surface area (Å²) in [6.07, 6.45) is 7.75. The number of hydrogen-bond donors (Lipinski definition) is 0. The van der Waals surface area contributed by atoms with Crippen molar-refractivity contribution in [3.63, 3.8) is 0 Å². The van der Waals surface area contributed by atoms with Gasteiger partial charge in [0.2, 0.25) is 0 Å².